The van der Waals surface area contributed by atoms with E-state index in [2.05, 4.69) is 20.2 Å². The zero-order chi connectivity index (χ0) is 8.39. The van der Waals surface area contributed by atoms with E-state index >= 15 is 0 Å². The monoisotopic (exact) mass is 163 g/mol. The molecule has 0 fully saturated rings. The van der Waals surface area contributed by atoms with E-state index < -0.39 is 0 Å². The first-order valence-corrected chi connectivity index (χ1v) is 3.98. The maximum absolute atomic E-state index is 8.31. The van der Waals surface area contributed by atoms with Crippen LogP contribution >= 0.6 is 0 Å². The van der Waals surface area contributed by atoms with Crippen molar-refractivity contribution in [1.29, 1.82) is 0 Å². The van der Waals surface area contributed by atoms with Crippen LogP contribution in [-0.2, 0) is 6.42 Å². The van der Waals surface area contributed by atoms with Gasteiger partial charge in [-0.2, -0.15) is 5.10 Å². The molecule has 62 valence electrons. The highest BCUT2D eigenvalue weighted by Crippen LogP contribution is 2.30. The maximum atomic E-state index is 8.31. The van der Waals surface area contributed by atoms with Gasteiger partial charge in [0.25, 0.3) is 0 Å². The van der Waals surface area contributed by atoms with E-state index in [0.29, 0.717) is 0 Å². The first-order chi connectivity index (χ1) is 5.92. The van der Waals surface area contributed by atoms with E-state index in [1.165, 1.54) is 0 Å². The van der Waals surface area contributed by atoms with Crippen LogP contribution in [0.1, 0.15) is 30.1 Å². The molecule has 1 aromatic heterocycles. The number of aromatic nitrogens is 2. The van der Waals surface area contributed by atoms with E-state index in [0.717, 1.165) is 30.5 Å². The lowest BCUT2D eigenvalue weighted by atomic mass is 9.94. The molecule has 0 aromatic carbocycles. The van der Waals surface area contributed by atoms with Gasteiger partial charge in [0.1, 0.15) is 0 Å². The summed E-state index contributed by atoms with van der Waals surface area (Å²) in [6, 6.07) is -0.00231. The predicted octanol–water partition coefficient (Wildman–Crippen LogP) is 2.10. The smallest absolute Gasteiger partial charge is 0.0659 e. The fourth-order valence-corrected chi connectivity index (χ4v) is 1.62. The second kappa shape index (κ2) is 2.87. The molecule has 0 bridgehead atoms. The predicted molar refractivity (Wildman–Crippen MR) is 43.4 cm³/mol. The summed E-state index contributed by atoms with van der Waals surface area (Å²) < 4.78 is 0. The molecule has 0 saturated carbocycles. The van der Waals surface area contributed by atoms with Gasteiger partial charge in [-0.05, 0) is 24.8 Å². The van der Waals surface area contributed by atoms with E-state index in [1.807, 2.05) is 0 Å². The van der Waals surface area contributed by atoms with Gasteiger partial charge >= 0.3 is 0 Å². The SMILES string of the molecule is [N-]=[N+]=N[C@H]1CCCc2[nH]ncc21. The molecule has 2 rings (SSSR count). The molecular weight excluding hydrogens is 154 g/mol. The zero-order valence-electron chi connectivity index (χ0n) is 6.56. The van der Waals surface area contributed by atoms with E-state index in [9.17, 15) is 0 Å². The summed E-state index contributed by atoms with van der Waals surface area (Å²) in [6.07, 6.45) is 4.79. The molecule has 1 aliphatic rings. The van der Waals surface area contributed by atoms with Crippen LogP contribution in [-0.4, -0.2) is 10.2 Å². The normalized spacial score (nSPS) is 21.2. The largest absolute Gasteiger partial charge is 0.282 e. The summed E-state index contributed by atoms with van der Waals surface area (Å²) in [6.45, 7) is 0. The second-order valence-corrected chi connectivity index (χ2v) is 2.92. The fraction of sp³-hybridized carbons (Fsp3) is 0.571. The lowest BCUT2D eigenvalue weighted by Gasteiger charge is -2.16. The molecule has 12 heavy (non-hydrogen) atoms. The van der Waals surface area contributed by atoms with Gasteiger partial charge in [-0.1, -0.05) is 5.11 Å². The van der Waals surface area contributed by atoms with Crippen LogP contribution in [0.5, 0.6) is 0 Å². The highest BCUT2D eigenvalue weighted by molar-refractivity contribution is 5.23. The lowest BCUT2D eigenvalue weighted by Crippen LogP contribution is -2.05. The number of rotatable bonds is 1. The Hall–Kier alpha value is -1.48. The third-order valence-corrected chi connectivity index (χ3v) is 2.21. The van der Waals surface area contributed by atoms with Crippen molar-refractivity contribution in [3.63, 3.8) is 0 Å². The van der Waals surface area contributed by atoms with Crippen LogP contribution in [0.4, 0.5) is 0 Å². The molecule has 5 heteroatoms. The Morgan fingerprint density at radius 2 is 2.67 bits per heavy atom. The summed E-state index contributed by atoms with van der Waals surface area (Å²) in [4.78, 5) is 2.82. The topological polar surface area (TPSA) is 77.4 Å². The van der Waals surface area contributed by atoms with E-state index in [4.69, 9.17) is 5.53 Å². The van der Waals surface area contributed by atoms with Crippen molar-refractivity contribution in [2.75, 3.05) is 0 Å². The number of nitrogens with one attached hydrogen (secondary N) is 1. The minimum atomic E-state index is -0.00231. The van der Waals surface area contributed by atoms with Crippen LogP contribution in [0.3, 0.4) is 0 Å². The van der Waals surface area contributed by atoms with Gasteiger partial charge in [-0.15, -0.1) is 0 Å². The summed E-state index contributed by atoms with van der Waals surface area (Å²) in [5.41, 5.74) is 10.5. The highest BCUT2D eigenvalue weighted by atomic mass is 15.2. The number of H-pyrrole nitrogens is 1. The number of aromatic amines is 1. The Kier molecular flexibility index (Phi) is 1.72. The van der Waals surface area contributed by atoms with Gasteiger partial charge in [0.2, 0.25) is 0 Å². The average molecular weight is 163 g/mol. The van der Waals surface area contributed by atoms with Crippen LogP contribution in [0.25, 0.3) is 10.4 Å². The molecule has 0 unspecified atom stereocenters. The van der Waals surface area contributed by atoms with Crippen LogP contribution < -0.4 is 0 Å². The minimum Gasteiger partial charge on any atom is -0.282 e. The third-order valence-electron chi connectivity index (χ3n) is 2.21. The Labute approximate surface area is 69.4 Å². The summed E-state index contributed by atoms with van der Waals surface area (Å²) >= 11 is 0. The second-order valence-electron chi connectivity index (χ2n) is 2.92. The molecule has 0 aliphatic heterocycles. The van der Waals surface area contributed by atoms with Gasteiger partial charge in [0.05, 0.1) is 12.2 Å². The maximum Gasteiger partial charge on any atom is 0.0659 e. The van der Waals surface area contributed by atoms with Crippen molar-refractivity contribution in [2.45, 2.75) is 25.3 Å². The molecule has 5 nitrogen and oxygen atoms in total. The first-order valence-electron chi connectivity index (χ1n) is 3.98. The number of aryl methyl sites for hydroxylation is 1. The van der Waals surface area contributed by atoms with Gasteiger partial charge in [0.15, 0.2) is 0 Å². The standard InChI is InChI=1S/C7H9N5/c8-12-11-7-3-1-2-6-5(7)4-9-10-6/h4,7H,1-3H2,(H,9,10)/t7-/m0/s1. The van der Waals surface area contributed by atoms with E-state index in [-0.39, 0.29) is 6.04 Å². The van der Waals surface area contributed by atoms with Gasteiger partial charge in [-0.25, -0.2) is 0 Å². The molecule has 1 aliphatic carbocycles. The fourth-order valence-electron chi connectivity index (χ4n) is 1.62. The molecule has 1 N–H and O–H groups in total. The quantitative estimate of drug-likeness (QED) is 0.384. The number of fused-ring (bicyclic) bond motifs is 1. The lowest BCUT2D eigenvalue weighted by molar-refractivity contribution is 0.564. The van der Waals surface area contributed by atoms with Crippen molar-refractivity contribution in [2.24, 2.45) is 5.11 Å². The number of hydrogen-bond donors (Lipinski definition) is 1. The van der Waals surface area contributed by atoms with Gasteiger partial charge < -0.3 is 0 Å². The van der Waals surface area contributed by atoms with Gasteiger partial charge in [0, 0.05) is 16.2 Å². The molecule has 1 aromatic rings. The van der Waals surface area contributed by atoms with Crippen LogP contribution in [0.15, 0.2) is 11.3 Å². The summed E-state index contributed by atoms with van der Waals surface area (Å²) in [7, 11) is 0. The van der Waals surface area contributed by atoms with E-state index in [1.54, 1.807) is 6.20 Å². The number of azide groups is 1. The first kappa shape index (κ1) is 7.18. The van der Waals surface area contributed by atoms with Crippen molar-refractivity contribution in [3.05, 3.63) is 27.9 Å². The number of hydrogen-bond acceptors (Lipinski definition) is 2. The van der Waals surface area contributed by atoms with Gasteiger partial charge in [-0.3, -0.25) is 5.10 Å². The molecule has 0 spiro atoms. The molecular formula is C7H9N5. The van der Waals surface area contributed by atoms with Crippen molar-refractivity contribution in [1.82, 2.24) is 10.2 Å². The van der Waals surface area contributed by atoms with Crippen molar-refractivity contribution >= 4 is 0 Å². The number of nitrogens with zero attached hydrogens (tertiary/aromatic N) is 4. The Morgan fingerprint density at radius 1 is 1.75 bits per heavy atom. The Morgan fingerprint density at radius 3 is 3.50 bits per heavy atom. The zero-order valence-corrected chi connectivity index (χ0v) is 6.56. The molecule has 1 atom stereocenters. The summed E-state index contributed by atoms with van der Waals surface area (Å²) in [5, 5.41) is 10.6. The van der Waals surface area contributed by atoms with Crippen LogP contribution in [0.2, 0.25) is 0 Å². The van der Waals surface area contributed by atoms with Crippen LogP contribution in [0, 0.1) is 0 Å². The molecule has 0 saturated heterocycles. The van der Waals surface area contributed by atoms with Crippen molar-refractivity contribution < 1.29 is 0 Å². The average Bonchev–Trinajstić information content (AvgIpc) is 2.53. The minimum absolute atomic E-state index is 0.00231. The molecule has 0 radical (unpaired) electrons. The van der Waals surface area contributed by atoms with Crippen molar-refractivity contribution in [3.8, 4) is 0 Å². The molecule has 1 heterocycles. The Balaban J connectivity index is 2.37. The third kappa shape index (κ3) is 1.04. The summed E-state index contributed by atoms with van der Waals surface area (Å²) in [5.74, 6) is 0. The Bertz CT molecular complexity index is 322. The molecule has 0 amide bonds. The highest BCUT2D eigenvalue weighted by Gasteiger charge is 2.20.